The monoisotopic (exact) mass is 824 g/mol. The van der Waals surface area contributed by atoms with E-state index in [1.165, 1.54) is 46.5 Å². The molecule has 2 aliphatic rings. The molecule has 6 aromatic rings. The highest BCUT2D eigenvalue weighted by Crippen LogP contribution is 2.43. The van der Waals surface area contributed by atoms with Gasteiger partial charge in [0.05, 0.1) is 52.9 Å². The van der Waals surface area contributed by atoms with E-state index < -0.39 is 12.1 Å². The first kappa shape index (κ1) is 43.3. The molecule has 13 nitrogen and oxygen atoms in total. The van der Waals surface area contributed by atoms with Gasteiger partial charge in [0.15, 0.2) is 0 Å². The molecule has 306 valence electrons. The number of nitrogens with one attached hydrogen (secondary N) is 4. The molecule has 4 aromatic heterocycles. The van der Waals surface area contributed by atoms with Crippen LogP contribution in [0.1, 0.15) is 64.5 Å². The number of rotatable bonds is 8. The molecule has 58 heavy (non-hydrogen) atoms. The van der Waals surface area contributed by atoms with E-state index in [4.69, 9.17) is 0 Å². The standard InChI is InChI=1S/C18H12N4S2.C14H18N2O2.C8H14N2O3.C3H8/c1-3-12(15-5-19-9-21-15)4-2-11(1)13-7-23-18-14(8-24-17(13)18)16-6-20-10-22-16;1-11(17)15-13(12-7-3-2-4-8-12)14(18)16-9-5-6-10-16;1-13-8(12)9-6-7(11)10-4-2-3-5-10;1-3-2/h1-10H,(H,19,21)(H,20,22);2-4,7-8,13H,5-6,9-10H2,1H3,(H,15,17);2-6H2,1H3,(H,9,12);3H2,1-2H3. The number of imidazole rings is 2. The number of aromatic amines is 2. The molecule has 2 saturated heterocycles. The number of fused-ring (bicyclic) bond motifs is 1. The van der Waals surface area contributed by atoms with Gasteiger partial charge < -0.3 is 35.1 Å². The Kier molecular flexibility index (Phi) is 16.6. The van der Waals surface area contributed by atoms with Crippen LogP contribution in [-0.2, 0) is 19.1 Å². The molecule has 0 saturated carbocycles. The summed E-state index contributed by atoms with van der Waals surface area (Å²) in [5, 5.41) is 9.55. The number of methoxy groups -OCH3 is 1. The number of hydrogen-bond donors (Lipinski definition) is 4. The van der Waals surface area contributed by atoms with Crippen molar-refractivity contribution in [2.24, 2.45) is 0 Å². The van der Waals surface area contributed by atoms with Crippen molar-refractivity contribution in [3.8, 4) is 33.6 Å². The molecular weight excluding hydrogens is 773 g/mol. The first-order valence-corrected chi connectivity index (χ1v) is 21.3. The molecule has 0 bridgehead atoms. The van der Waals surface area contributed by atoms with Crippen LogP contribution in [0.5, 0.6) is 0 Å². The van der Waals surface area contributed by atoms with Crippen molar-refractivity contribution in [3.63, 3.8) is 0 Å². The lowest BCUT2D eigenvalue weighted by Gasteiger charge is -2.23. The summed E-state index contributed by atoms with van der Waals surface area (Å²) in [4.78, 5) is 63.7. The van der Waals surface area contributed by atoms with Gasteiger partial charge in [0.25, 0.3) is 0 Å². The molecule has 2 fully saturated rings. The van der Waals surface area contributed by atoms with Gasteiger partial charge >= 0.3 is 6.09 Å². The second-order valence-corrected chi connectivity index (χ2v) is 15.4. The van der Waals surface area contributed by atoms with Crippen LogP contribution in [-0.4, -0.2) is 93.4 Å². The molecule has 0 radical (unpaired) electrons. The topological polar surface area (TPSA) is 165 Å². The van der Waals surface area contributed by atoms with E-state index in [0.717, 1.165) is 74.4 Å². The van der Waals surface area contributed by atoms with Gasteiger partial charge in [0, 0.05) is 55.0 Å². The van der Waals surface area contributed by atoms with Crippen LogP contribution in [0, 0.1) is 0 Å². The number of alkyl carbamates (subject to hydrolysis) is 1. The van der Waals surface area contributed by atoms with E-state index in [1.54, 1.807) is 40.2 Å². The molecule has 1 atom stereocenters. The number of H-pyrrole nitrogens is 2. The van der Waals surface area contributed by atoms with Gasteiger partial charge in [-0.05, 0) is 42.4 Å². The van der Waals surface area contributed by atoms with E-state index in [1.807, 2.05) is 47.6 Å². The molecular formula is C43H52N8O5S2. The fourth-order valence-corrected chi connectivity index (χ4v) is 8.85. The molecule has 2 aromatic carbocycles. The summed E-state index contributed by atoms with van der Waals surface area (Å²) in [6.45, 7) is 8.92. The summed E-state index contributed by atoms with van der Waals surface area (Å²) < 4.78 is 6.99. The van der Waals surface area contributed by atoms with Crippen LogP contribution in [0.4, 0.5) is 4.79 Å². The van der Waals surface area contributed by atoms with Crippen LogP contribution in [0.15, 0.2) is 90.4 Å². The zero-order chi connectivity index (χ0) is 41.3. The maximum atomic E-state index is 12.4. The Morgan fingerprint density at radius 3 is 1.84 bits per heavy atom. The normalized spacial score (nSPS) is 13.6. The van der Waals surface area contributed by atoms with Crippen LogP contribution in [0.2, 0.25) is 0 Å². The zero-order valence-electron chi connectivity index (χ0n) is 33.5. The summed E-state index contributed by atoms with van der Waals surface area (Å²) in [6.07, 6.45) is 12.0. The Hall–Kier alpha value is -5.80. The van der Waals surface area contributed by atoms with Gasteiger partial charge in [0.1, 0.15) is 12.6 Å². The summed E-state index contributed by atoms with van der Waals surface area (Å²) >= 11 is 3.58. The number of likely N-dealkylation sites (tertiary alicyclic amines) is 2. The average molecular weight is 825 g/mol. The summed E-state index contributed by atoms with van der Waals surface area (Å²) in [6, 6.07) is 17.5. The molecule has 0 spiro atoms. The lowest BCUT2D eigenvalue weighted by Crippen LogP contribution is -2.41. The molecule has 6 heterocycles. The molecule has 8 rings (SSSR count). The number of nitrogens with zero attached hydrogens (tertiary/aromatic N) is 4. The predicted octanol–water partition coefficient (Wildman–Crippen LogP) is 8.28. The Morgan fingerprint density at radius 2 is 1.29 bits per heavy atom. The van der Waals surface area contributed by atoms with Gasteiger partial charge in [-0.15, -0.1) is 22.7 Å². The number of carbonyl (C=O) groups excluding carboxylic acids is 4. The van der Waals surface area contributed by atoms with E-state index in [-0.39, 0.29) is 24.3 Å². The van der Waals surface area contributed by atoms with Crippen molar-refractivity contribution >= 4 is 55.9 Å². The van der Waals surface area contributed by atoms with Gasteiger partial charge in [-0.25, -0.2) is 14.8 Å². The minimum absolute atomic E-state index is 0.00565. The van der Waals surface area contributed by atoms with Gasteiger partial charge in [-0.3, -0.25) is 14.4 Å². The minimum atomic E-state index is -0.562. The van der Waals surface area contributed by atoms with Gasteiger partial charge in [-0.2, -0.15) is 0 Å². The highest BCUT2D eigenvalue weighted by atomic mass is 32.1. The number of benzene rings is 2. The maximum Gasteiger partial charge on any atom is 0.407 e. The van der Waals surface area contributed by atoms with Crippen LogP contribution in [0.25, 0.3) is 43.0 Å². The molecule has 15 heteroatoms. The Labute approximate surface area is 347 Å². The number of amides is 4. The van der Waals surface area contributed by atoms with Gasteiger partial charge in [0.2, 0.25) is 17.7 Å². The first-order chi connectivity index (χ1) is 28.2. The minimum Gasteiger partial charge on any atom is -0.453 e. The molecule has 0 aliphatic carbocycles. The predicted molar refractivity (Wildman–Crippen MR) is 231 cm³/mol. The average Bonchev–Trinajstić information content (AvgIpc) is 4.10. The number of ether oxygens (including phenoxy) is 1. The van der Waals surface area contributed by atoms with Crippen LogP contribution < -0.4 is 10.6 Å². The molecule has 1 unspecified atom stereocenters. The van der Waals surface area contributed by atoms with E-state index in [0.29, 0.717) is 0 Å². The van der Waals surface area contributed by atoms with Crippen LogP contribution in [0.3, 0.4) is 0 Å². The second kappa shape index (κ2) is 22.2. The SMILES string of the molecule is CC(=O)NC(C(=O)N1CCCC1)c1ccccc1.CCC.COC(=O)NCC(=O)N1CCCC1.c1ncc(-c2ccc(-c3csc4c(-c5cnc[nH]5)csc34)cc2)[nH]1. The number of thiophene rings is 2. The third-order valence-electron chi connectivity index (χ3n) is 9.25. The molecule has 4 amide bonds. The van der Waals surface area contributed by atoms with E-state index in [2.05, 4.69) is 84.2 Å². The first-order valence-electron chi connectivity index (χ1n) is 19.5. The van der Waals surface area contributed by atoms with Crippen molar-refractivity contribution in [1.29, 1.82) is 0 Å². The van der Waals surface area contributed by atoms with Crippen molar-refractivity contribution in [2.75, 3.05) is 39.8 Å². The van der Waals surface area contributed by atoms with E-state index in [9.17, 15) is 19.2 Å². The van der Waals surface area contributed by atoms with Crippen molar-refractivity contribution in [2.45, 2.75) is 58.9 Å². The lowest BCUT2D eigenvalue weighted by molar-refractivity contribution is -0.135. The van der Waals surface area contributed by atoms with Gasteiger partial charge in [-0.1, -0.05) is 74.9 Å². The number of hydrogen-bond acceptors (Lipinski definition) is 9. The quantitative estimate of drug-likeness (QED) is 0.120. The van der Waals surface area contributed by atoms with Crippen molar-refractivity contribution < 1.29 is 23.9 Å². The van der Waals surface area contributed by atoms with E-state index >= 15 is 0 Å². The summed E-state index contributed by atoms with van der Waals surface area (Å²) in [5.41, 5.74) is 7.86. The maximum absolute atomic E-state index is 12.4. The number of carbonyl (C=O) groups is 4. The third-order valence-corrected chi connectivity index (χ3v) is 11.4. The Bertz CT molecular complexity index is 2150. The Balaban J connectivity index is 0.000000168. The van der Waals surface area contributed by atoms with Crippen molar-refractivity contribution in [1.82, 2.24) is 40.4 Å². The molecule has 4 N–H and O–H groups in total. The summed E-state index contributed by atoms with van der Waals surface area (Å²) in [7, 11) is 1.27. The number of aromatic nitrogens is 4. The fraction of sp³-hybridized carbons (Fsp3) is 0.349. The molecule has 2 aliphatic heterocycles. The highest BCUT2D eigenvalue weighted by Gasteiger charge is 2.28. The zero-order valence-corrected chi connectivity index (χ0v) is 35.1. The Morgan fingerprint density at radius 1 is 0.759 bits per heavy atom. The summed E-state index contributed by atoms with van der Waals surface area (Å²) in [5.74, 6) is -0.229. The third kappa shape index (κ3) is 11.9. The van der Waals surface area contributed by atoms with Crippen LogP contribution >= 0.6 is 22.7 Å². The smallest absolute Gasteiger partial charge is 0.407 e. The highest BCUT2D eigenvalue weighted by molar-refractivity contribution is 7.27. The fourth-order valence-electron chi connectivity index (χ4n) is 6.41. The van der Waals surface area contributed by atoms with Crippen molar-refractivity contribution in [3.05, 3.63) is 96.0 Å². The lowest BCUT2D eigenvalue weighted by atomic mass is 10.1. The largest absolute Gasteiger partial charge is 0.453 e. The second-order valence-electron chi connectivity index (χ2n) is 13.7.